The summed E-state index contributed by atoms with van der Waals surface area (Å²) in [5.74, 6) is 5.85. The Bertz CT molecular complexity index is 310. The van der Waals surface area contributed by atoms with Crippen molar-refractivity contribution in [1.82, 2.24) is 10.7 Å². The van der Waals surface area contributed by atoms with Crippen LogP contribution in [0.1, 0.15) is 15.3 Å². The summed E-state index contributed by atoms with van der Waals surface area (Å²) in [6, 6.07) is 2.18. The van der Waals surface area contributed by atoms with E-state index in [-0.39, 0.29) is 0 Å². The number of aliphatic imine (C=N–C) groups is 1. The summed E-state index contributed by atoms with van der Waals surface area (Å²) in [6.07, 6.45) is 0. The molecule has 0 aliphatic rings. The molecule has 1 aromatic rings. The number of nitrogens with zero attached hydrogens (tertiary/aromatic N) is 1. The monoisotopic (exact) mass is 212 g/mol. The Morgan fingerprint density at radius 3 is 2.71 bits per heavy atom. The topological polar surface area (TPSA) is 62.4 Å². The van der Waals surface area contributed by atoms with E-state index < -0.39 is 0 Å². The molecule has 0 amide bonds. The average Bonchev–Trinajstić information content (AvgIpc) is 2.48. The zero-order valence-corrected chi connectivity index (χ0v) is 9.53. The van der Waals surface area contributed by atoms with Crippen molar-refractivity contribution < 1.29 is 0 Å². The standard InChI is InChI=1S/C9H16N4S/c1-6-4-8(14-7(6)2)5-12-9(11-3)13-10/h4H,5,10H2,1-3H3,(H2,11,12,13). The van der Waals surface area contributed by atoms with E-state index in [2.05, 4.69) is 35.6 Å². The van der Waals surface area contributed by atoms with E-state index in [0.29, 0.717) is 5.96 Å². The fraction of sp³-hybridized carbons (Fsp3) is 0.444. The van der Waals surface area contributed by atoms with Gasteiger partial charge in [0.15, 0.2) is 0 Å². The molecule has 14 heavy (non-hydrogen) atoms. The summed E-state index contributed by atoms with van der Waals surface area (Å²) >= 11 is 1.79. The van der Waals surface area contributed by atoms with Crippen LogP contribution in [-0.2, 0) is 6.54 Å². The molecular formula is C9H16N4S. The molecule has 1 rings (SSSR count). The van der Waals surface area contributed by atoms with Crippen molar-refractivity contribution in [2.75, 3.05) is 7.05 Å². The molecule has 4 N–H and O–H groups in total. The van der Waals surface area contributed by atoms with Crippen molar-refractivity contribution in [3.8, 4) is 0 Å². The smallest absolute Gasteiger partial charge is 0.205 e. The van der Waals surface area contributed by atoms with Crippen LogP contribution in [-0.4, -0.2) is 13.0 Å². The van der Waals surface area contributed by atoms with Crippen molar-refractivity contribution in [2.24, 2.45) is 10.8 Å². The number of nitrogens with one attached hydrogen (secondary N) is 2. The summed E-state index contributed by atoms with van der Waals surface area (Å²) in [5, 5.41) is 3.10. The van der Waals surface area contributed by atoms with Gasteiger partial charge in [0.2, 0.25) is 5.96 Å². The summed E-state index contributed by atoms with van der Waals surface area (Å²) in [4.78, 5) is 6.57. The summed E-state index contributed by atoms with van der Waals surface area (Å²) in [7, 11) is 1.69. The van der Waals surface area contributed by atoms with Crippen LogP contribution in [0.4, 0.5) is 0 Å². The van der Waals surface area contributed by atoms with Crippen molar-refractivity contribution in [3.63, 3.8) is 0 Å². The predicted octanol–water partition coefficient (Wildman–Crippen LogP) is 0.904. The molecule has 0 saturated carbocycles. The molecule has 0 atom stereocenters. The van der Waals surface area contributed by atoms with E-state index in [0.717, 1.165) is 6.54 Å². The van der Waals surface area contributed by atoms with E-state index >= 15 is 0 Å². The molecule has 5 heteroatoms. The molecule has 0 aliphatic carbocycles. The maximum absolute atomic E-state index is 5.24. The first-order chi connectivity index (χ1) is 6.67. The lowest BCUT2D eigenvalue weighted by molar-refractivity contribution is 0.850. The van der Waals surface area contributed by atoms with Gasteiger partial charge in [-0.3, -0.25) is 10.4 Å². The summed E-state index contributed by atoms with van der Waals surface area (Å²) < 4.78 is 0. The zero-order valence-electron chi connectivity index (χ0n) is 8.72. The van der Waals surface area contributed by atoms with Gasteiger partial charge in [0.25, 0.3) is 0 Å². The Labute approximate surface area is 88.2 Å². The van der Waals surface area contributed by atoms with Crippen molar-refractivity contribution in [1.29, 1.82) is 0 Å². The Hall–Kier alpha value is -1.07. The van der Waals surface area contributed by atoms with Crippen molar-refractivity contribution in [2.45, 2.75) is 20.4 Å². The number of hydrogen-bond donors (Lipinski definition) is 3. The van der Waals surface area contributed by atoms with Gasteiger partial charge in [0, 0.05) is 16.8 Å². The molecule has 1 heterocycles. The van der Waals surface area contributed by atoms with E-state index in [1.807, 2.05) is 0 Å². The molecule has 0 saturated heterocycles. The minimum absolute atomic E-state index is 0.605. The summed E-state index contributed by atoms with van der Waals surface area (Å²) in [6.45, 7) is 5.00. The van der Waals surface area contributed by atoms with Crippen molar-refractivity contribution in [3.05, 3.63) is 21.4 Å². The molecule has 4 nitrogen and oxygen atoms in total. The first-order valence-corrected chi connectivity index (χ1v) is 5.22. The van der Waals surface area contributed by atoms with Gasteiger partial charge < -0.3 is 5.32 Å². The highest BCUT2D eigenvalue weighted by Gasteiger charge is 2.01. The van der Waals surface area contributed by atoms with Crippen LogP contribution in [0.5, 0.6) is 0 Å². The SMILES string of the molecule is CN=C(NN)NCc1cc(C)c(C)s1. The third-order valence-corrected chi connectivity index (χ3v) is 3.16. The van der Waals surface area contributed by atoms with Gasteiger partial charge in [-0.05, 0) is 25.5 Å². The van der Waals surface area contributed by atoms with Crippen LogP contribution < -0.4 is 16.6 Å². The number of hydrazine groups is 1. The van der Waals surface area contributed by atoms with E-state index in [9.17, 15) is 0 Å². The van der Waals surface area contributed by atoms with Crippen LogP contribution in [0.3, 0.4) is 0 Å². The van der Waals surface area contributed by atoms with E-state index in [1.54, 1.807) is 18.4 Å². The number of thiophene rings is 1. The minimum atomic E-state index is 0.605. The van der Waals surface area contributed by atoms with E-state index in [1.165, 1.54) is 15.3 Å². The molecule has 0 aromatic carbocycles. The van der Waals surface area contributed by atoms with Gasteiger partial charge in [-0.2, -0.15) is 0 Å². The molecule has 78 valence electrons. The first kappa shape index (κ1) is 11.0. The fourth-order valence-electron chi connectivity index (χ4n) is 1.10. The normalized spacial score (nSPS) is 11.6. The van der Waals surface area contributed by atoms with Gasteiger partial charge in [-0.1, -0.05) is 0 Å². The highest BCUT2D eigenvalue weighted by atomic mass is 32.1. The lowest BCUT2D eigenvalue weighted by atomic mass is 10.3. The molecule has 0 unspecified atom stereocenters. The lowest BCUT2D eigenvalue weighted by Gasteiger charge is -2.05. The number of nitrogens with two attached hydrogens (primary N) is 1. The second-order valence-corrected chi connectivity index (χ2v) is 4.36. The first-order valence-electron chi connectivity index (χ1n) is 4.40. The van der Waals surface area contributed by atoms with Crippen molar-refractivity contribution >= 4 is 17.3 Å². The van der Waals surface area contributed by atoms with Gasteiger partial charge in [-0.25, -0.2) is 5.84 Å². The van der Waals surface area contributed by atoms with Gasteiger partial charge >= 0.3 is 0 Å². The molecular weight excluding hydrogens is 196 g/mol. The zero-order chi connectivity index (χ0) is 10.6. The third kappa shape index (κ3) is 2.71. The molecule has 0 spiro atoms. The Balaban J connectivity index is 2.53. The molecule has 0 bridgehead atoms. The largest absolute Gasteiger partial charge is 0.350 e. The van der Waals surface area contributed by atoms with Crippen LogP contribution in [0.2, 0.25) is 0 Å². The van der Waals surface area contributed by atoms with Gasteiger partial charge in [-0.15, -0.1) is 11.3 Å². The predicted molar refractivity (Wildman–Crippen MR) is 61.3 cm³/mol. The van der Waals surface area contributed by atoms with Crippen LogP contribution in [0, 0.1) is 13.8 Å². The lowest BCUT2D eigenvalue weighted by Crippen LogP contribution is -2.40. The number of rotatable bonds is 2. The average molecular weight is 212 g/mol. The minimum Gasteiger partial charge on any atom is -0.350 e. The Morgan fingerprint density at radius 1 is 1.57 bits per heavy atom. The van der Waals surface area contributed by atoms with Crippen LogP contribution in [0.15, 0.2) is 11.1 Å². The second kappa shape index (κ2) is 4.97. The molecule has 0 fully saturated rings. The van der Waals surface area contributed by atoms with Gasteiger partial charge in [0.05, 0.1) is 6.54 Å². The van der Waals surface area contributed by atoms with Crippen LogP contribution in [0.25, 0.3) is 0 Å². The maximum Gasteiger partial charge on any atom is 0.205 e. The Kier molecular flexibility index (Phi) is 3.91. The molecule has 0 aliphatic heterocycles. The molecule has 0 radical (unpaired) electrons. The summed E-state index contributed by atoms with van der Waals surface area (Å²) in [5.41, 5.74) is 3.82. The van der Waals surface area contributed by atoms with E-state index in [4.69, 9.17) is 5.84 Å². The number of hydrogen-bond acceptors (Lipinski definition) is 3. The number of aryl methyl sites for hydroxylation is 2. The van der Waals surface area contributed by atoms with Crippen LogP contribution >= 0.6 is 11.3 Å². The quantitative estimate of drug-likeness (QED) is 0.295. The Morgan fingerprint density at radius 2 is 2.29 bits per heavy atom. The molecule has 1 aromatic heterocycles. The fourth-order valence-corrected chi connectivity index (χ4v) is 2.10. The highest BCUT2D eigenvalue weighted by molar-refractivity contribution is 7.12. The van der Waals surface area contributed by atoms with Gasteiger partial charge in [0.1, 0.15) is 0 Å². The number of guanidine groups is 1. The third-order valence-electron chi connectivity index (χ3n) is 2.01. The maximum atomic E-state index is 5.24. The highest BCUT2D eigenvalue weighted by Crippen LogP contribution is 2.19. The second-order valence-electron chi connectivity index (χ2n) is 3.02.